The van der Waals surface area contributed by atoms with Crippen LogP contribution in [0.2, 0.25) is 0 Å². The van der Waals surface area contributed by atoms with Gasteiger partial charge in [-0.05, 0) is 13.3 Å². The van der Waals surface area contributed by atoms with Gasteiger partial charge in [0.1, 0.15) is 0 Å². The fourth-order valence-corrected chi connectivity index (χ4v) is 0.725. The maximum absolute atomic E-state index is 10.9. The Labute approximate surface area is 78.2 Å². The van der Waals surface area contributed by atoms with Gasteiger partial charge in [0.2, 0.25) is 0 Å². The van der Waals surface area contributed by atoms with Gasteiger partial charge in [0.25, 0.3) is 0 Å². The Kier molecular flexibility index (Phi) is 6.96. The highest BCUT2D eigenvalue weighted by molar-refractivity contribution is 5.77. The quantitative estimate of drug-likeness (QED) is 0.589. The van der Waals surface area contributed by atoms with Crippen LogP contribution in [0.3, 0.4) is 0 Å². The molecule has 0 aliphatic heterocycles. The lowest BCUT2D eigenvalue weighted by atomic mass is 10.3. The highest BCUT2D eigenvalue weighted by Gasteiger charge is 2.07. The molecule has 0 aromatic heterocycles. The molecule has 0 saturated carbocycles. The van der Waals surface area contributed by atoms with Gasteiger partial charge in [-0.25, -0.2) is 0 Å². The Balaban J connectivity index is 3.40. The number of ether oxygens (including phenoxy) is 2. The van der Waals surface area contributed by atoms with Crippen molar-refractivity contribution in [1.82, 2.24) is 0 Å². The highest BCUT2D eigenvalue weighted by Crippen LogP contribution is 1.96. The fourth-order valence-electron chi connectivity index (χ4n) is 0.725. The summed E-state index contributed by atoms with van der Waals surface area (Å²) in [5.41, 5.74) is 0. The highest BCUT2D eigenvalue weighted by atomic mass is 16.5. The summed E-state index contributed by atoms with van der Waals surface area (Å²) >= 11 is 0. The summed E-state index contributed by atoms with van der Waals surface area (Å²) in [6.07, 6.45) is 1.01. The Morgan fingerprint density at radius 2 is 1.54 bits per heavy atom. The molecule has 0 aliphatic rings. The third kappa shape index (κ3) is 7.31. The van der Waals surface area contributed by atoms with Crippen molar-refractivity contribution in [2.75, 3.05) is 13.2 Å². The van der Waals surface area contributed by atoms with Crippen LogP contribution in [0.25, 0.3) is 0 Å². The Morgan fingerprint density at radius 1 is 1.00 bits per heavy atom. The minimum Gasteiger partial charge on any atom is -0.466 e. The molecule has 0 radical (unpaired) electrons. The van der Waals surface area contributed by atoms with Crippen molar-refractivity contribution in [3.63, 3.8) is 0 Å². The number of hydrogen-bond donors (Lipinski definition) is 0. The monoisotopic (exact) mass is 188 g/mol. The third-order valence-corrected chi connectivity index (χ3v) is 1.31. The summed E-state index contributed by atoms with van der Waals surface area (Å²) < 4.78 is 9.42. The van der Waals surface area contributed by atoms with E-state index >= 15 is 0 Å². The molecule has 4 heteroatoms. The predicted molar refractivity (Wildman–Crippen MR) is 47.1 cm³/mol. The lowest BCUT2D eigenvalue weighted by molar-refractivity contribution is -0.150. The smallest absolute Gasteiger partial charge is 0.306 e. The minimum atomic E-state index is -0.351. The van der Waals surface area contributed by atoms with Crippen LogP contribution in [0, 0.1) is 0 Å². The van der Waals surface area contributed by atoms with E-state index in [1.807, 2.05) is 6.92 Å². The first-order valence-electron chi connectivity index (χ1n) is 4.52. The van der Waals surface area contributed by atoms with Crippen molar-refractivity contribution in [3.05, 3.63) is 0 Å². The first kappa shape index (κ1) is 11.9. The van der Waals surface area contributed by atoms with E-state index in [2.05, 4.69) is 4.74 Å². The number of rotatable bonds is 6. The molecule has 0 unspecified atom stereocenters. The van der Waals surface area contributed by atoms with E-state index in [0.717, 1.165) is 6.42 Å². The molecule has 0 spiro atoms. The Hall–Kier alpha value is -1.06. The van der Waals surface area contributed by atoms with E-state index in [1.165, 1.54) is 0 Å². The maximum atomic E-state index is 10.9. The normalized spacial score (nSPS) is 9.38. The molecule has 0 N–H and O–H groups in total. The van der Waals surface area contributed by atoms with Gasteiger partial charge in [0.05, 0.1) is 26.1 Å². The molecule has 0 aliphatic carbocycles. The van der Waals surface area contributed by atoms with Crippen molar-refractivity contribution < 1.29 is 19.1 Å². The first-order valence-corrected chi connectivity index (χ1v) is 4.52. The largest absolute Gasteiger partial charge is 0.466 e. The summed E-state index contributed by atoms with van der Waals surface area (Å²) in [5, 5.41) is 0. The zero-order valence-corrected chi connectivity index (χ0v) is 8.17. The molecule has 0 aromatic rings. The average Bonchev–Trinajstić information content (AvgIpc) is 2.12. The third-order valence-electron chi connectivity index (χ3n) is 1.31. The van der Waals surface area contributed by atoms with Gasteiger partial charge in [-0.15, -0.1) is 0 Å². The molecule has 0 heterocycles. The van der Waals surface area contributed by atoms with Crippen LogP contribution in [0.4, 0.5) is 0 Å². The van der Waals surface area contributed by atoms with Gasteiger partial charge in [-0.3, -0.25) is 9.59 Å². The minimum absolute atomic E-state index is 0.108. The molecule has 0 amide bonds. The molecule has 0 aromatic carbocycles. The summed E-state index contributed by atoms with van der Waals surface area (Å²) in [4.78, 5) is 21.7. The molecular formula is C9H16O4. The van der Waals surface area contributed by atoms with E-state index in [1.54, 1.807) is 6.92 Å². The average molecular weight is 188 g/mol. The van der Waals surface area contributed by atoms with Crippen molar-refractivity contribution in [2.24, 2.45) is 0 Å². The van der Waals surface area contributed by atoms with Crippen LogP contribution in [-0.2, 0) is 19.1 Å². The molecule has 0 fully saturated rings. The van der Waals surface area contributed by atoms with E-state index in [-0.39, 0.29) is 24.8 Å². The summed E-state index contributed by atoms with van der Waals surface area (Å²) in [6, 6.07) is 0. The van der Waals surface area contributed by atoms with E-state index in [0.29, 0.717) is 13.2 Å². The van der Waals surface area contributed by atoms with E-state index < -0.39 is 0 Å². The Bertz CT molecular complexity index is 165. The van der Waals surface area contributed by atoms with Crippen LogP contribution >= 0.6 is 0 Å². The molecule has 13 heavy (non-hydrogen) atoms. The van der Waals surface area contributed by atoms with E-state index in [4.69, 9.17) is 4.74 Å². The molecular weight excluding hydrogens is 172 g/mol. The van der Waals surface area contributed by atoms with Crippen LogP contribution < -0.4 is 0 Å². The van der Waals surface area contributed by atoms with Gasteiger partial charge in [0.15, 0.2) is 0 Å². The van der Waals surface area contributed by atoms with Crippen LogP contribution in [0.1, 0.15) is 33.1 Å². The molecule has 0 saturated heterocycles. The standard InChI is InChI=1S/C9H16O4/c1-3-7-13-9(11)6-5-8(10)12-4-2/h3-7H2,1-2H3. The number of carbonyl (C=O) groups excluding carboxylic acids is 2. The number of carbonyl (C=O) groups is 2. The van der Waals surface area contributed by atoms with Gasteiger partial charge >= 0.3 is 11.9 Å². The van der Waals surface area contributed by atoms with Gasteiger partial charge in [-0.2, -0.15) is 0 Å². The first-order chi connectivity index (χ1) is 6.20. The van der Waals surface area contributed by atoms with Gasteiger partial charge < -0.3 is 9.47 Å². The molecule has 0 atom stereocenters. The molecule has 0 rings (SSSR count). The number of esters is 2. The topological polar surface area (TPSA) is 52.6 Å². The lowest BCUT2D eigenvalue weighted by Crippen LogP contribution is -2.10. The summed E-state index contributed by atoms with van der Waals surface area (Å²) in [6.45, 7) is 4.41. The summed E-state index contributed by atoms with van der Waals surface area (Å²) in [7, 11) is 0. The predicted octanol–water partition coefficient (Wildman–Crippen LogP) is 1.28. The second kappa shape index (κ2) is 7.58. The van der Waals surface area contributed by atoms with Crippen LogP contribution in [0.15, 0.2) is 0 Å². The SMILES string of the molecule is CCCOC(=O)CCC(=O)OCC. The molecule has 76 valence electrons. The van der Waals surface area contributed by atoms with Crippen molar-refractivity contribution >= 4 is 11.9 Å². The lowest BCUT2D eigenvalue weighted by Gasteiger charge is -2.02. The molecule has 0 bridgehead atoms. The molecule has 4 nitrogen and oxygen atoms in total. The van der Waals surface area contributed by atoms with Crippen LogP contribution in [-0.4, -0.2) is 25.2 Å². The summed E-state index contributed by atoms with van der Waals surface area (Å²) in [5.74, 6) is -0.689. The second-order valence-corrected chi connectivity index (χ2v) is 2.53. The zero-order chi connectivity index (χ0) is 10.1. The van der Waals surface area contributed by atoms with Crippen molar-refractivity contribution in [3.8, 4) is 0 Å². The second-order valence-electron chi connectivity index (χ2n) is 2.53. The zero-order valence-electron chi connectivity index (χ0n) is 8.17. The van der Waals surface area contributed by atoms with Crippen LogP contribution in [0.5, 0.6) is 0 Å². The Morgan fingerprint density at radius 3 is 2.00 bits per heavy atom. The maximum Gasteiger partial charge on any atom is 0.306 e. The van der Waals surface area contributed by atoms with E-state index in [9.17, 15) is 9.59 Å². The van der Waals surface area contributed by atoms with Gasteiger partial charge in [-0.1, -0.05) is 6.92 Å². The fraction of sp³-hybridized carbons (Fsp3) is 0.778. The van der Waals surface area contributed by atoms with Crippen molar-refractivity contribution in [2.45, 2.75) is 33.1 Å². The number of hydrogen-bond acceptors (Lipinski definition) is 4. The van der Waals surface area contributed by atoms with Gasteiger partial charge in [0, 0.05) is 0 Å². The van der Waals surface area contributed by atoms with Crippen molar-refractivity contribution in [1.29, 1.82) is 0 Å².